The molecular formula is C10H10N2O2S2. The van der Waals surface area contributed by atoms with Crippen molar-refractivity contribution in [2.75, 3.05) is 12.4 Å². The summed E-state index contributed by atoms with van der Waals surface area (Å²) in [6.07, 6.45) is -0.471. The van der Waals surface area contributed by atoms with Crippen molar-refractivity contribution in [1.29, 1.82) is 0 Å². The second-order valence-corrected chi connectivity index (χ2v) is 5.16. The first-order valence-electron chi connectivity index (χ1n) is 4.57. The number of carbonyl (C=O) groups excluding carboxylic acids is 1. The van der Waals surface area contributed by atoms with Crippen LogP contribution in [-0.4, -0.2) is 18.2 Å². The summed E-state index contributed by atoms with van der Waals surface area (Å²) in [5.74, 6) is 0. The van der Waals surface area contributed by atoms with Gasteiger partial charge in [-0.3, -0.25) is 5.32 Å². The standard InChI is InChI=1S/C10H10N2O2S2/c1-6-11-8(7-4-3-5-15-7)9(16-6)12-10(13)14-2/h3-5H,1-2H3,(H,12,13). The number of anilines is 1. The van der Waals surface area contributed by atoms with Gasteiger partial charge in [-0.2, -0.15) is 0 Å². The number of rotatable bonds is 2. The number of nitrogens with one attached hydrogen (secondary N) is 1. The molecule has 0 atom stereocenters. The quantitative estimate of drug-likeness (QED) is 0.894. The highest BCUT2D eigenvalue weighted by molar-refractivity contribution is 7.18. The van der Waals surface area contributed by atoms with Crippen LogP contribution in [0.15, 0.2) is 17.5 Å². The highest BCUT2D eigenvalue weighted by Crippen LogP contribution is 2.35. The maximum absolute atomic E-state index is 11.2. The summed E-state index contributed by atoms with van der Waals surface area (Å²) in [7, 11) is 1.34. The molecule has 4 nitrogen and oxygen atoms in total. The maximum atomic E-state index is 11.2. The van der Waals surface area contributed by atoms with E-state index in [-0.39, 0.29) is 0 Å². The van der Waals surface area contributed by atoms with Crippen LogP contribution in [0.1, 0.15) is 5.01 Å². The van der Waals surface area contributed by atoms with Gasteiger partial charge in [-0.25, -0.2) is 9.78 Å². The number of hydrogen-bond donors (Lipinski definition) is 1. The highest BCUT2D eigenvalue weighted by atomic mass is 32.1. The normalized spacial score (nSPS) is 10.1. The van der Waals surface area contributed by atoms with Crippen LogP contribution in [0.3, 0.4) is 0 Å². The molecule has 16 heavy (non-hydrogen) atoms. The number of amides is 1. The average Bonchev–Trinajstić information content (AvgIpc) is 2.87. The molecule has 0 aliphatic carbocycles. The largest absolute Gasteiger partial charge is 0.453 e. The van der Waals surface area contributed by atoms with Crippen LogP contribution in [0.4, 0.5) is 9.80 Å². The molecule has 0 spiro atoms. The molecule has 0 fully saturated rings. The van der Waals surface area contributed by atoms with Crippen LogP contribution < -0.4 is 5.32 Å². The molecule has 0 bridgehead atoms. The minimum atomic E-state index is -0.471. The van der Waals surface area contributed by atoms with E-state index >= 15 is 0 Å². The van der Waals surface area contributed by atoms with Crippen molar-refractivity contribution in [2.45, 2.75) is 6.92 Å². The number of nitrogens with zero attached hydrogens (tertiary/aromatic N) is 1. The minimum absolute atomic E-state index is 0.471. The van der Waals surface area contributed by atoms with E-state index in [1.54, 1.807) is 11.3 Å². The maximum Gasteiger partial charge on any atom is 0.412 e. The molecule has 2 rings (SSSR count). The van der Waals surface area contributed by atoms with E-state index in [9.17, 15) is 4.79 Å². The Kier molecular flexibility index (Phi) is 3.21. The fourth-order valence-corrected chi connectivity index (χ4v) is 2.84. The van der Waals surface area contributed by atoms with Crippen molar-refractivity contribution >= 4 is 33.8 Å². The zero-order valence-electron chi connectivity index (χ0n) is 8.81. The van der Waals surface area contributed by atoms with Crippen molar-refractivity contribution in [3.8, 4) is 10.6 Å². The Bertz CT molecular complexity index is 491. The first kappa shape index (κ1) is 11.1. The molecule has 84 valence electrons. The van der Waals surface area contributed by atoms with Gasteiger partial charge >= 0.3 is 6.09 Å². The summed E-state index contributed by atoms with van der Waals surface area (Å²) in [4.78, 5) is 16.6. The Morgan fingerprint density at radius 3 is 3.00 bits per heavy atom. The molecule has 0 radical (unpaired) electrons. The molecule has 1 N–H and O–H groups in total. The van der Waals surface area contributed by atoms with Gasteiger partial charge in [-0.15, -0.1) is 22.7 Å². The van der Waals surface area contributed by atoms with Crippen molar-refractivity contribution in [3.63, 3.8) is 0 Å². The molecule has 0 aliphatic heterocycles. The number of thiazole rings is 1. The molecule has 0 saturated carbocycles. The molecule has 0 aromatic carbocycles. The number of aromatic nitrogens is 1. The van der Waals surface area contributed by atoms with E-state index < -0.39 is 6.09 Å². The zero-order valence-corrected chi connectivity index (χ0v) is 10.4. The second-order valence-electron chi connectivity index (χ2n) is 3.00. The molecule has 1 amide bonds. The molecule has 2 aromatic rings. The lowest BCUT2D eigenvalue weighted by molar-refractivity contribution is 0.187. The van der Waals surface area contributed by atoms with E-state index in [0.29, 0.717) is 0 Å². The van der Waals surface area contributed by atoms with Gasteiger partial charge in [0.2, 0.25) is 0 Å². The first-order chi connectivity index (χ1) is 7.70. The van der Waals surface area contributed by atoms with Crippen LogP contribution in [0.25, 0.3) is 10.6 Å². The molecule has 6 heteroatoms. The third kappa shape index (κ3) is 2.23. The summed E-state index contributed by atoms with van der Waals surface area (Å²) < 4.78 is 4.57. The Hall–Kier alpha value is -1.40. The third-order valence-electron chi connectivity index (χ3n) is 1.89. The van der Waals surface area contributed by atoms with Gasteiger partial charge in [0.25, 0.3) is 0 Å². The van der Waals surface area contributed by atoms with Gasteiger partial charge in [0.1, 0.15) is 10.7 Å². The molecule has 0 aliphatic rings. The van der Waals surface area contributed by atoms with Crippen LogP contribution in [0, 0.1) is 6.92 Å². The predicted molar refractivity (Wildman–Crippen MR) is 66.2 cm³/mol. The van der Waals surface area contributed by atoms with Crippen molar-refractivity contribution < 1.29 is 9.53 Å². The van der Waals surface area contributed by atoms with Gasteiger partial charge in [-0.05, 0) is 18.4 Å². The van der Waals surface area contributed by atoms with E-state index in [1.807, 2.05) is 24.4 Å². The van der Waals surface area contributed by atoms with E-state index in [2.05, 4.69) is 15.0 Å². The number of ether oxygens (including phenoxy) is 1. The van der Waals surface area contributed by atoms with Crippen molar-refractivity contribution in [2.24, 2.45) is 0 Å². The van der Waals surface area contributed by atoms with Gasteiger partial charge in [0.05, 0.1) is 17.0 Å². The highest BCUT2D eigenvalue weighted by Gasteiger charge is 2.14. The Morgan fingerprint density at radius 2 is 2.38 bits per heavy atom. The predicted octanol–water partition coefficient (Wildman–Crippen LogP) is 3.36. The third-order valence-corrected chi connectivity index (χ3v) is 3.65. The molecule has 0 saturated heterocycles. The number of hydrogen-bond acceptors (Lipinski definition) is 5. The summed E-state index contributed by atoms with van der Waals surface area (Å²) in [5.41, 5.74) is 0.808. The summed E-state index contributed by atoms with van der Waals surface area (Å²) in [6.45, 7) is 1.91. The Labute approximate surface area is 101 Å². The average molecular weight is 254 g/mol. The summed E-state index contributed by atoms with van der Waals surface area (Å²) in [6, 6.07) is 3.93. The van der Waals surface area contributed by atoms with Crippen LogP contribution in [0.5, 0.6) is 0 Å². The minimum Gasteiger partial charge on any atom is -0.453 e. The zero-order chi connectivity index (χ0) is 11.5. The monoisotopic (exact) mass is 254 g/mol. The lowest BCUT2D eigenvalue weighted by atomic mass is 10.3. The van der Waals surface area contributed by atoms with E-state index in [1.165, 1.54) is 18.4 Å². The number of methoxy groups -OCH3 is 1. The SMILES string of the molecule is COC(=O)Nc1sc(C)nc1-c1cccs1. The molecular weight excluding hydrogens is 244 g/mol. The van der Waals surface area contributed by atoms with Crippen LogP contribution in [0.2, 0.25) is 0 Å². The van der Waals surface area contributed by atoms with Crippen molar-refractivity contribution in [1.82, 2.24) is 4.98 Å². The smallest absolute Gasteiger partial charge is 0.412 e. The van der Waals surface area contributed by atoms with Crippen molar-refractivity contribution in [3.05, 3.63) is 22.5 Å². The Morgan fingerprint density at radius 1 is 1.56 bits per heavy atom. The molecule has 2 heterocycles. The summed E-state index contributed by atoms with van der Waals surface area (Å²) in [5, 5.41) is 6.29. The summed E-state index contributed by atoms with van der Waals surface area (Å²) >= 11 is 3.03. The van der Waals surface area contributed by atoms with E-state index in [4.69, 9.17) is 0 Å². The fourth-order valence-electron chi connectivity index (χ4n) is 1.24. The van der Waals surface area contributed by atoms with Crippen LogP contribution in [-0.2, 0) is 4.74 Å². The van der Waals surface area contributed by atoms with Gasteiger partial charge in [-0.1, -0.05) is 6.07 Å². The topological polar surface area (TPSA) is 51.2 Å². The van der Waals surface area contributed by atoms with Gasteiger partial charge in [0, 0.05) is 0 Å². The number of carbonyl (C=O) groups is 1. The molecule has 2 aromatic heterocycles. The fraction of sp³-hybridized carbons (Fsp3) is 0.200. The Balaban J connectivity index is 2.34. The molecule has 0 unspecified atom stereocenters. The van der Waals surface area contributed by atoms with Gasteiger partial charge < -0.3 is 4.74 Å². The lowest BCUT2D eigenvalue weighted by Gasteiger charge is -2.01. The van der Waals surface area contributed by atoms with E-state index in [0.717, 1.165) is 20.6 Å². The van der Waals surface area contributed by atoms with Gasteiger partial charge in [0.15, 0.2) is 0 Å². The number of thiophene rings is 1. The lowest BCUT2D eigenvalue weighted by Crippen LogP contribution is -2.10. The second kappa shape index (κ2) is 4.63. The first-order valence-corrected chi connectivity index (χ1v) is 6.26. The van der Waals surface area contributed by atoms with Crippen LogP contribution >= 0.6 is 22.7 Å². The number of aryl methyl sites for hydroxylation is 1.